The SMILES string of the molecule is COC(=O)c1ccc(C(=O)OCC(=O)Nc2cc([N+](=O)[O-])ccc2C)cc1. The van der Waals surface area contributed by atoms with E-state index in [2.05, 4.69) is 10.1 Å². The van der Waals surface area contributed by atoms with Crippen LogP contribution in [0.1, 0.15) is 26.3 Å². The summed E-state index contributed by atoms with van der Waals surface area (Å²) < 4.78 is 9.46. The third kappa shape index (κ3) is 5.11. The first-order valence-electron chi connectivity index (χ1n) is 7.72. The van der Waals surface area contributed by atoms with E-state index in [0.717, 1.165) is 0 Å². The van der Waals surface area contributed by atoms with Gasteiger partial charge in [-0.3, -0.25) is 14.9 Å². The molecule has 2 aromatic rings. The molecule has 0 aromatic heterocycles. The Morgan fingerprint density at radius 2 is 1.63 bits per heavy atom. The van der Waals surface area contributed by atoms with E-state index in [-0.39, 0.29) is 22.5 Å². The van der Waals surface area contributed by atoms with Crippen LogP contribution in [-0.4, -0.2) is 36.5 Å². The highest BCUT2D eigenvalue weighted by Gasteiger charge is 2.14. The second-order valence-electron chi connectivity index (χ2n) is 5.45. The average molecular weight is 372 g/mol. The Hall–Kier alpha value is -3.75. The lowest BCUT2D eigenvalue weighted by Gasteiger charge is -2.09. The van der Waals surface area contributed by atoms with Crippen molar-refractivity contribution < 1.29 is 28.8 Å². The van der Waals surface area contributed by atoms with Crippen molar-refractivity contribution in [2.24, 2.45) is 0 Å². The minimum absolute atomic E-state index is 0.155. The first kappa shape index (κ1) is 19.6. The number of nitrogens with one attached hydrogen (secondary N) is 1. The molecule has 0 saturated carbocycles. The van der Waals surface area contributed by atoms with E-state index in [1.807, 2.05) is 0 Å². The molecule has 0 aliphatic carbocycles. The molecule has 140 valence electrons. The van der Waals surface area contributed by atoms with Gasteiger partial charge < -0.3 is 14.8 Å². The summed E-state index contributed by atoms with van der Waals surface area (Å²) in [5.41, 5.74) is 1.14. The maximum absolute atomic E-state index is 12.0. The van der Waals surface area contributed by atoms with E-state index in [9.17, 15) is 24.5 Å². The summed E-state index contributed by atoms with van der Waals surface area (Å²) in [6.07, 6.45) is 0. The van der Waals surface area contributed by atoms with Gasteiger partial charge in [0.2, 0.25) is 0 Å². The minimum atomic E-state index is -0.752. The Morgan fingerprint density at radius 3 is 2.19 bits per heavy atom. The monoisotopic (exact) mass is 372 g/mol. The number of aryl methyl sites for hydroxylation is 1. The Balaban J connectivity index is 1.95. The Kier molecular flexibility index (Phi) is 6.21. The van der Waals surface area contributed by atoms with Crippen LogP contribution in [0.25, 0.3) is 0 Å². The Morgan fingerprint density at radius 1 is 1.04 bits per heavy atom. The van der Waals surface area contributed by atoms with Crippen LogP contribution >= 0.6 is 0 Å². The van der Waals surface area contributed by atoms with Crippen LogP contribution in [-0.2, 0) is 14.3 Å². The molecule has 0 atom stereocenters. The van der Waals surface area contributed by atoms with Crippen LogP contribution in [0.3, 0.4) is 0 Å². The number of hydrogen-bond acceptors (Lipinski definition) is 7. The van der Waals surface area contributed by atoms with Gasteiger partial charge >= 0.3 is 11.9 Å². The maximum atomic E-state index is 12.0. The van der Waals surface area contributed by atoms with Crippen LogP contribution in [0.4, 0.5) is 11.4 Å². The molecule has 1 N–H and O–H groups in total. The van der Waals surface area contributed by atoms with Crippen LogP contribution in [0.2, 0.25) is 0 Å². The summed E-state index contributed by atoms with van der Waals surface area (Å²) in [7, 11) is 1.24. The predicted molar refractivity (Wildman–Crippen MR) is 94.5 cm³/mol. The number of nitrogens with zero attached hydrogens (tertiary/aromatic N) is 1. The fourth-order valence-electron chi connectivity index (χ4n) is 2.12. The van der Waals surface area contributed by atoms with Gasteiger partial charge in [-0.05, 0) is 36.8 Å². The van der Waals surface area contributed by atoms with Crippen molar-refractivity contribution in [2.45, 2.75) is 6.92 Å². The highest BCUT2D eigenvalue weighted by molar-refractivity contribution is 5.97. The van der Waals surface area contributed by atoms with Crippen LogP contribution in [0.15, 0.2) is 42.5 Å². The fraction of sp³-hybridized carbons (Fsp3) is 0.167. The lowest BCUT2D eigenvalue weighted by Crippen LogP contribution is -2.21. The summed E-state index contributed by atoms with van der Waals surface area (Å²) in [6, 6.07) is 9.59. The molecular formula is C18H16N2O7. The molecule has 0 fully saturated rings. The smallest absolute Gasteiger partial charge is 0.338 e. The van der Waals surface area contributed by atoms with E-state index >= 15 is 0 Å². The number of esters is 2. The van der Waals surface area contributed by atoms with Crippen molar-refractivity contribution in [1.82, 2.24) is 0 Å². The number of ether oxygens (including phenoxy) is 2. The van der Waals surface area contributed by atoms with Gasteiger partial charge in [-0.2, -0.15) is 0 Å². The highest BCUT2D eigenvalue weighted by Crippen LogP contribution is 2.21. The summed E-state index contributed by atoms with van der Waals surface area (Å²) in [6.45, 7) is 1.11. The van der Waals surface area contributed by atoms with E-state index in [0.29, 0.717) is 5.56 Å². The van der Waals surface area contributed by atoms with E-state index < -0.39 is 29.4 Å². The van der Waals surface area contributed by atoms with Crippen molar-refractivity contribution in [2.75, 3.05) is 19.0 Å². The maximum Gasteiger partial charge on any atom is 0.338 e. The van der Waals surface area contributed by atoms with E-state index in [4.69, 9.17) is 4.74 Å². The van der Waals surface area contributed by atoms with Gasteiger partial charge in [-0.25, -0.2) is 9.59 Å². The van der Waals surface area contributed by atoms with Gasteiger partial charge in [0.15, 0.2) is 6.61 Å². The third-order valence-electron chi connectivity index (χ3n) is 3.58. The molecule has 0 aliphatic heterocycles. The molecule has 0 spiro atoms. The highest BCUT2D eigenvalue weighted by atomic mass is 16.6. The Labute approximate surface area is 154 Å². The molecule has 0 heterocycles. The molecule has 0 radical (unpaired) electrons. The summed E-state index contributed by atoms with van der Waals surface area (Å²) in [5.74, 6) is -1.93. The molecular weight excluding hydrogens is 356 g/mol. The molecule has 9 nitrogen and oxygen atoms in total. The number of amides is 1. The zero-order chi connectivity index (χ0) is 20.0. The number of carbonyl (C=O) groups is 3. The van der Waals surface area contributed by atoms with Crippen molar-refractivity contribution in [3.8, 4) is 0 Å². The predicted octanol–water partition coefficient (Wildman–Crippen LogP) is 2.49. The second kappa shape index (κ2) is 8.56. The molecule has 9 heteroatoms. The third-order valence-corrected chi connectivity index (χ3v) is 3.58. The molecule has 0 bridgehead atoms. The number of rotatable bonds is 6. The van der Waals surface area contributed by atoms with E-state index in [1.165, 1.54) is 49.6 Å². The van der Waals surface area contributed by atoms with Crippen molar-refractivity contribution in [1.29, 1.82) is 0 Å². The number of carbonyl (C=O) groups excluding carboxylic acids is 3. The number of benzene rings is 2. The molecule has 0 unspecified atom stereocenters. The molecule has 2 aromatic carbocycles. The zero-order valence-electron chi connectivity index (χ0n) is 14.6. The number of nitro benzene ring substituents is 1. The zero-order valence-corrected chi connectivity index (χ0v) is 14.6. The standard InChI is InChI=1S/C18H16N2O7/c1-11-3-8-14(20(24)25)9-15(11)19-16(21)10-27-18(23)13-6-4-12(5-7-13)17(22)26-2/h3-9H,10H2,1-2H3,(H,19,21). The number of anilines is 1. The fourth-order valence-corrected chi connectivity index (χ4v) is 2.12. The van der Waals surface area contributed by atoms with Crippen molar-refractivity contribution >= 4 is 29.2 Å². The summed E-state index contributed by atoms with van der Waals surface area (Å²) >= 11 is 0. The topological polar surface area (TPSA) is 125 Å². The summed E-state index contributed by atoms with van der Waals surface area (Å²) in [4.78, 5) is 45.5. The molecule has 0 aliphatic rings. The largest absolute Gasteiger partial charge is 0.465 e. The summed E-state index contributed by atoms with van der Waals surface area (Å²) in [5, 5.41) is 13.3. The van der Waals surface area contributed by atoms with Crippen molar-refractivity contribution in [3.05, 3.63) is 69.3 Å². The number of hydrogen-bond donors (Lipinski definition) is 1. The average Bonchev–Trinajstić information content (AvgIpc) is 2.67. The number of methoxy groups -OCH3 is 1. The lowest BCUT2D eigenvalue weighted by atomic mass is 10.1. The van der Waals surface area contributed by atoms with Gasteiger partial charge in [0.05, 0.1) is 28.8 Å². The van der Waals surface area contributed by atoms with Gasteiger partial charge in [0.1, 0.15) is 0 Å². The first-order chi connectivity index (χ1) is 12.8. The quantitative estimate of drug-likeness (QED) is 0.469. The van der Waals surface area contributed by atoms with Gasteiger partial charge in [-0.1, -0.05) is 6.07 Å². The van der Waals surface area contributed by atoms with Crippen molar-refractivity contribution in [3.63, 3.8) is 0 Å². The normalized spacial score (nSPS) is 10.0. The number of non-ortho nitro benzene ring substituents is 1. The van der Waals surface area contributed by atoms with Crippen LogP contribution in [0, 0.1) is 17.0 Å². The molecule has 1 amide bonds. The van der Waals surface area contributed by atoms with Crippen LogP contribution in [0.5, 0.6) is 0 Å². The lowest BCUT2D eigenvalue weighted by molar-refractivity contribution is -0.384. The Bertz CT molecular complexity index is 891. The molecule has 2 rings (SSSR count). The second-order valence-corrected chi connectivity index (χ2v) is 5.45. The first-order valence-corrected chi connectivity index (χ1v) is 7.72. The molecule has 27 heavy (non-hydrogen) atoms. The minimum Gasteiger partial charge on any atom is -0.465 e. The number of nitro groups is 1. The van der Waals surface area contributed by atoms with Crippen LogP contribution < -0.4 is 5.32 Å². The molecule has 0 saturated heterocycles. The van der Waals surface area contributed by atoms with E-state index in [1.54, 1.807) is 6.92 Å². The van der Waals surface area contributed by atoms with Gasteiger partial charge in [0.25, 0.3) is 11.6 Å². The van der Waals surface area contributed by atoms with Gasteiger partial charge in [-0.15, -0.1) is 0 Å². The van der Waals surface area contributed by atoms with Gasteiger partial charge in [0, 0.05) is 12.1 Å².